The predicted octanol–water partition coefficient (Wildman–Crippen LogP) is 1.67. The molecular formula is C20H29N7O. The van der Waals surface area contributed by atoms with Crippen LogP contribution in [0.4, 0.5) is 0 Å². The van der Waals surface area contributed by atoms with E-state index in [0.717, 1.165) is 57.1 Å². The van der Waals surface area contributed by atoms with Gasteiger partial charge in [-0.15, -0.1) is 5.10 Å². The van der Waals surface area contributed by atoms with Crippen molar-refractivity contribution < 1.29 is 4.79 Å². The molecule has 2 aromatic rings. The lowest BCUT2D eigenvalue weighted by Gasteiger charge is -2.48. The molecule has 28 heavy (non-hydrogen) atoms. The molecule has 2 fully saturated rings. The van der Waals surface area contributed by atoms with Gasteiger partial charge in [0, 0.05) is 37.7 Å². The van der Waals surface area contributed by atoms with Gasteiger partial charge in [-0.3, -0.25) is 9.78 Å². The minimum absolute atomic E-state index is 0.228. The van der Waals surface area contributed by atoms with Crippen molar-refractivity contribution >= 4 is 5.91 Å². The zero-order chi connectivity index (χ0) is 19.4. The fraction of sp³-hybridized carbons (Fsp3) is 0.650. The number of hydrogen-bond acceptors (Lipinski definition) is 6. The summed E-state index contributed by atoms with van der Waals surface area (Å²) in [4.78, 5) is 21.5. The summed E-state index contributed by atoms with van der Waals surface area (Å²) in [5, 5.41) is 11.7. The van der Waals surface area contributed by atoms with Crippen LogP contribution < -0.4 is 0 Å². The molecule has 1 amide bonds. The predicted molar refractivity (Wildman–Crippen MR) is 104 cm³/mol. The second-order valence-corrected chi connectivity index (χ2v) is 8.25. The van der Waals surface area contributed by atoms with Gasteiger partial charge < -0.3 is 9.80 Å². The molecule has 0 aliphatic carbocycles. The Morgan fingerprint density at radius 1 is 1.18 bits per heavy atom. The number of aryl methyl sites for hydroxylation is 2. The number of amides is 1. The van der Waals surface area contributed by atoms with Gasteiger partial charge >= 0.3 is 0 Å². The van der Waals surface area contributed by atoms with Gasteiger partial charge in [-0.1, -0.05) is 6.07 Å². The van der Waals surface area contributed by atoms with Crippen molar-refractivity contribution in [1.29, 1.82) is 0 Å². The van der Waals surface area contributed by atoms with E-state index in [9.17, 15) is 4.79 Å². The Morgan fingerprint density at radius 2 is 2.11 bits per heavy atom. The number of aromatic nitrogens is 5. The van der Waals surface area contributed by atoms with Crippen molar-refractivity contribution in [3.63, 3.8) is 0 Å². The standard InChI is InChI=1S/C20H29N7O/c1-17-22-23-24-27(17)13-5-12-25-11-4-8-20(15-25)9-7-19(28)26(16-20)14-18-6-2-3-10-21-18/h2-3,6,10H,4-5,7-9,11-16H2,1H3/t20-/m0/s1. The van der Waals surface area contributed by atoms with E-state index in [2.05, 4.69) is 25.4 Å². The second kappa shape index (κ2) is 8.34. The van der Waals surface area contributed by atoms with Gasteiger partial charge in [0.05, 0.1) is 12.2 Å². The maximum Gasteiger partial charge on any atom is 0.222 e. The third kappa shape index (κ3) is 4.38. The normalized spacial score (nSPS) is 23.5. The van der Waals surface area contributed by atoms with E-state index in [-0.39, 0.29) is 11.3 Å². The van der Waals surface area contributed by atoms with Crippen molar-refractivity contribution in [2.75, 3.05) is 26.2 Å². The lowest BCUT2D eigenvalue weighted by Crippen LogP contribution is -2.53. The maximum absolute atomic E-state index is 12.5. The highest BCUT2D eigenvalue weighted by Gasteiger charge is 2.41. The first-order valence-corrected chi connectivity index (χ1v) is 10.3. The minimum atomic E-state index is 0.228. The number of carbonyl (C=O) groups excluding carboxylic acids is 1. The van der Waals surface area contributed by atoms with Gasteiger partial charge in [0.2, 0.25) is 5.91 Å². The van der Waals surface area contributed by atoms with E-state index in [1.807, 2.05) is 34.7 Å². The first-order valence-electron chi connectivity index (χ1n) is 10.3. The lowest BCUT2D eigenvalue weighted by molar-refractivity contribution is -0.140. The minimum Gasteiger partial charge on any atom is -0.336 e. The van der Waals surface area contributed by atoms with E-state index in [1.54, 1.807) is 6.20 Å². The van der Waals surface area contributed by atoms with Crippen LogP contribution in [0.25, 0.3) is 0 Å². The Morgan fingerprint density at radius 3 is 2.89 bits per heavy atom. The number of carbonyl (C=O) groups is 1. The van der Waals surface area contributed by atoms with Gasteiger partial charge in [-0.25, -0.2) is 4.68 Å². The molecule has 8 nitrogen and oxygen atoms in total. The smallest absolute Gasteiger partial charge is 0.222 e. The molecule has 0 bridgehead atoms. The molecule has 1 spiro atoms. The fourth-order valence-electron chi connectivity index (χ4n) is 4.67. The van der Waals surface area contributed by atoms with Crippen LogP contribution in [0.5, 0.6) is 0 Å². The topological polar surface area (TPSA) is 80.0 Å². The summed E-state index contributed by atoms with van der Waals surface area (Å²) >= 11 is 0. The van der Waals surface area contributed by atoms with Crippen molar-refractivity contribution in [2.45, 2.75) is 52.1 Å². The Labute approximate surface area is 165 Å². The molecule has 2 aliphatic heterocycles. The molecule has 2 saturated heterocycles. The monoisotopic (exact) mass is 383 g/mol. The zero-order valence-corrected chi connectivity index (χ0v) is 16.6. The fourth-order valence-corrected chi connectivity index (χ4v) is 4.67. The Kier molecular flexibility index (Phi) is 5.66. The molecule has 150 valence electrons. The van der Waals surface area contributed by atoms with Crippen LogP contribution in [0.3, 0.4) is 0 Å². The first-order chi connectivity index (χ1) is 13.6. The summed E-state index contributed by atoms with van der Waals surface area (Å²) in [6.45, 7) is 7.54. The maximum atomic E-state index is 12.5. The van der Waals surface area contributed by atoms with Crippen LogP contribution in [-0.2, 0) is 17.9 Å². The largest absolute Gasteiger partial charge is 0.336 e. The van der Waals surface area contributed by atoms with Crippen LogP contribution in [0.15, 0.2) is 24.4 Å². The number of nitrogens with zero attached hydrogens (tertiary/aromatic N) is 7. The quantitative estimate of drug-likeness (QED) is 0.755. The summed E-state index contributed by atoms with van der Waals surface area (Å²) in [6, 6.07) is 5.91. The molecule has 0 saturated carbocycles. The van der Waals surface area contributed by atoms with Crippen LogP contribution >= 0.6 is 0 Å². The average molecular weight is 384 g/mol. The lowest BCUT2D eigenvalue weighted by atomic mass is 9.73. The highest BCUT2D eigenvalue weighted by molar-refractivity contribution is 5.77. The SMILES string of the molecule is Cc1nnnn1CCCN1CCC[C@]2(CCC(=O)N(Cc3ccccn3)C2)C1. The average Bonchev–Trinajstić information content (AvgIpc) is 3.11. The molecular weight excluding hydrogens is 354 g/mol. The molecule has 8 heteroatoms. The van der Waals surface area contributed by atoms with E-state index in [4.69, 9.17) is 0 Å². The molecule has 2 aliphatic rings. The summed E-state index contributed by atoms with van der Waals surface area (Å²) in [6.07, 6.45) is 6.92. The molecule has 1 atom stereocenters. The van der Waals surface area contributed by atoms with Gasteiger partial charge in [-0.2, -0.15) is 0 Å². The van der Waals surface area contributed by atoms with E-state index in [0.29, 0.717) is 13.0 Å². The van der Waals surface area contributed by atoms with Crippen molar-refractivity contribution in [3.05, 3.63) is 35.9 Å². The molecule has 4 rings (SSSR count). The van der Waals surface area contributed by atoms with E-state index >= 15 is 0 Å². The highest BCUT2D eigenvalue weighted by Crippen LogP contribution is 2.39. The number of likely N-dealkylation sites (tertiary alicyclic amines) is 2. The zero-order valence-electron chi connectivity index (χ0n) is 16.6. The highest BCUT2D eigenvalue weighted by atomic mass is 16.2. The number of rotatable bonds is 6. The Bertz CT molecular complexity index is 793. The number of hydrogen-bond donors (Lipinski definition) is 0. The second-order valence-electron chi connectivity index (χ2n) is 8.25. The first kappa shape index (κ1) is 19.0. The number of pyridine rings is 1. The van der Waals surface area contributed by atoms with Gasteiger partial charge in [0.15, 0.2) is 0 Å². The van der Waals surface area contributed by atoms with E-state index < -0.39 is 0 Å². The molecule has 4 heterocycles. The van der Waals surface area contributed by atoms with Gasteiger partial charge in [0.1, 0.15) is 5.82 Å². The summed E-state index contributed by atoms with van der Waals surface area (Å²) in [7, 11) is 0. The Balaban J connectivity index is 1.34. The third-order valence-corrected chi connectivity index (χ3v) is 6.12. The molecule has 0 radical (unpaired) electrons. The van der Waals surface area contributed by atoms with Gasteiger partial charge in [-0.05, 0) is 68.3 Å². The van der Waals surface area contributed by atoms with Crippen molar-refractivity contribution in [3.8, 4) is 0 Å². The number of tetrazole rings is 1. The van der Waals surface area contributed by atoms with Crippen molar-refractivity contribution in [2.24, 2.45) is 5.41 Å². The molecule has 0 unspecified atom stereocenters. The summed E-state index contributed by atoms with van der Waals surface area (Å²) < 4.78 is 1.87. The van der Waals surface area contributed by atoms with Crippen LogP contribution in [0, 0.1) is 12.3 Å². The van der Waals surface area contributed by atoms with Crippen LogP contribution in [0.1, 0.15) is 43.6 Å². The molecule has 0 aromatic carbocycles. The van der Waals surface area contributed by atoms with Gasteiger partial charge in [0.25, 0.3) is 0 Å². The Hall–Kier alpha value is -2.35. The molecule has 0 N–H and O–H groups in total. The molecule has 2 aromatic heterocycles. The van der Waals surface area contributed by atoms with Crippen molar-refractivity contribution in [1.82, 2.24) is 35.0 Å². The summed E-state index contributed by atoms with van der Waals surface area (Å²) in [5.74, 6) is 1.13. The number of piperidine rings is 2. The van der Waals surface area contributed by atoms with Crippen LogP contribution in [-0.4, -0.2) is 67.1 Å². The third-order valence-electron chi connectivity index (χ3n) is 6.12. The van der Waals surface area contributed by atoms with Crippen LogP contribution in [0.2, 0.25) is 0 Å². The summed E-state index contributed by atoms with van der Waals surface area (Å²) in [5.41, 5.74) is 1.20. The van der Waals surface area contributed by atoms with E-state index in [1.165, 1.54) is 12.8 Å².